The highest BCUT2D eigenvalue weighted by Gasteiger charge is 2.21. The molecule has 0 aliphatic heterocycles. The molecule has 23 heavy (non-hydrogen) atoms. The molecule has 0 radical (unpaired) electrons. The maximum atomic E-state index is 4.44. The van der Waals surface area contributed by atoms with Crippen LogP contribution in [0.5, 0.6) is 0 Å². The third-order valence-corrected chi connectivity index (χ3v) is 5.49. The zero-order valence-electron chi connectivity index (χ0n) is 14.2. The van der Waals surface area contributed by atoms with Crippen molar-refractivity contribution in [2.45, 2.75) is 69.1 Å². The smallest absolute Gasteiger partial charge is 0.00404 e. The van der Waals surface area contributed by atoms with Crippen molar-refractivity contribution in [1.82, 2.24) is 0 Å². The lowest BCUT2D eigenvalue weighted by molar-refractivity contribution is 0.442. The zero-order valence-corrected chi connectivity index (χ0v) is 15.1. The van der Waals surface area contributed by atoms with Crippen molar-refractivity contribution in [3.05, 3.63) is 53.6 Å². The molecule has 0 amide bonds. The second-order valence-electron chi connectivity index (χ2n) is 6.86. The zero-order chi connectivity index (χ0) is 16.1. The minimum atomic E-state index is 0.752. The van der Waals surface area contributed by atoms with Crippen molar-refractivity contribution in [2.75, 3.05) is 0 Å². The van der Waals surface area contributed by atoms with Crippen LogP contribution in [0.3, 0.4) is 0 Å². The molecule has 3 rings (SSSR count). The molecule has 1 fully saturated rings. The monoisotopic (exact) mass is 324 g/mol. The molecule has 0 nitrogen and oxygen atoms in total. The lowest BCUT2D eigenvalue weighted by Gasteiger charge is -2.27. The average molecular weight is 325 g/mol. The Balaban J connectivity index is 2.04. The third kappa shape index (κ3) is 4.01. The maximum absolute atomic E-state index is 4.44. The first kappa shape index (κ1) is 16.6. The molecule has 0 heterocycles. The third-order valence-electron chi connectivity index (χ3n) is 5.19. The van der Waals surface area contributed by atoms with E-state index in [2.05, 4.69) is 62.0 Å². The summed E-state index contributed by atoms with van der Waals surface area (Å²) in [7, 11) is 0. The summed E-state index contributed by atoms with van der Waals surface area (Å²) in [5.41, 5.74) is 6.04. The van der Waals surface area contributed by atoms with Crippen LogP contribution in [0.1, 0.15) is 68.9 Å². The molecular formula is C22H28S. The predicted molar refractivity (Wildman–Crippen MR) is 104 cm³/mol. The quantitative estimate of drug-likeness (QED) is 0.561. The van der Waals surface area contributed by atoms with Crippen molar-refractivity contribution in [1.29, 1.82) is 0 Å². The van der Waals surface area contributed by atoms with Gasteiger partial charge in [0.1, 0.15) is 0 Å². The predicted octanol–water partition coefficient (Wildman–Crippen LogP) is 7.03. The molecule has 0 saturated heterocycles. The van der Waals surface area contributed by atoms with Gasteiger partial charge in [-0.15, -0.1) is 12.6 Å². The number of aryl methyl sites for hydroxylation is 1. The van der Waals surface area contributed by atoms with Gasteiger partial charge in [-0.05, 0) is 66.0 Å². The summed E-state index contributed by atoms with van der Waals surface area (Å²) in [6.07, 6.45) is 10.7. The van der Waals surface area contributed by atoms with Crippen molar-refractivity contribution >= 4 is 12.6 Å². The van der Waals surface area contributed by atoms with E-state index in [0.717, 1.165) is 10.8 Å². The van der Waals surface area contributed by atoms with Crippen LogP contribution in [0.25, 0.3) is 11.1 Å². The first-order valence-corrected chi connectivity index (χ1v) is 9.65. The van der Waals surface area contributed by atoms with Crippen molar-refractivity contribution in [3.8, 4) is 11.1 Å². The molecule has 2 aromatic carbocycles. The van der Waals surface area contributed by atoms with Gasteiger partial charge in [0.05, 0.1) is 0 Å². The van der Waals surface area contributed by atoms with Gasteiger partial charge in [-0.3, -0.25) is 0 Å². The number of hydrogen-bond donors (Lipinski definition) is 1. The van der Waals surface area contributed by atoms with Gasteiger partial charge in [-0.2, -0.15) is 0 Å². The van der Waals surface area contributed by atoms with Crippen molar-refractivity contribution < 1.29 is 0 Å². The van der Waals surface area contributed by atoms with E-state index in [-0.39, 0.29) is 0 Å². The number of thiol groups is 1. The Hall–Kier alpha value is -1.21. The fraction of sp³-hybridized carbons (Fsp3) is 0.455. The van der Waals surface area contributed by atoms with Gasteiger partial charge in [-0.1, -0.05) is 62.9 Å². The van der Waals surface area contributed by atoms with Gasteiger partial charge in [0.15, 0.2) is 0 Å². The summed E-state index contributed by atoms with van der Waals surface area (Å²) in [5.74, 6) is 0.752. The highest BCUT2D eigenvalue weighted by Crippen LogP contribution is 2.40. The normalized spacial score (nSPS) is 15.7. The van der Waals surface area contributed by atoms with Crippen LogP contribution < -0.4 is 0 Å². The summed E-state index contributed by atoms with van der Waals surface area (Å²) in [4.78, 5) is 1.04. The van der Waals surface area contributed by atoms with Crippen molar-refractivity contribution in [3.63, 3.8) is 0 Å². The molecule has 1 saturated carbocycles. The number of benzene rings is 2. The van der Waals surface area contributed by atoms with E-state index in [9.17, 15) is 0 Å². The van der Waals surface area contributed by atoms with Gasteiger partial charge in [0.2, 0.25) is 0 Å². The molecule has 0 N–H and O–H groups in total. The number of unbranched alkanes of at least 4 members (excludes halogenated alkanes) is 1. The number of hydrogen-bond acceptors (Lipinski definition) is 1. The SMILES string of the molecule is CCCCc1cccc(-c2ccc(S)cc2)c1C1CCCCC1. The standard InChI is InChI=1S/C22H28S/c1-2-3-8-18-11-7-12-21(17-13-15-20(23)16-14-17)22(18)19-9-5-4-6-10-19/h7,11-16,19,23H,2-6,8-10H2,1H3. The fourth-order valence-corrected chi connectivity index (χ4v) is 4.11. The van der Waals surface area contributed by atoms with Crippen LogP contribution in [-0.2, 0) is 6.42 Å². The molecule has 0 aromatic heterocycles. The van der Waals surface area contributed by atoms with E-state index in [4.69, 9.17) is 0 Å². The second kappa shape index (κ2) is 8.06. The first-order chi connectivity index (χ1) is 11.3. The first-order valence-electron chi connectivity index (χ1n) is 9.20. The highest BCUT2D eigenvalue weighted by atomic mass is 32.1. The van der Waals surface area contributed by atoms with Crippen LogP contribution in [-0.4, -0.2) is 0 Å². The Kier molecular flexibility index (Phi) is 5.83. The molecule has 0 atom stereocenters. The lowest BCUT2D eigenvalue weighted by Crippen LogP contribution is -2.09. The van der Waals surface area contributed by atoms with E-state index in [0.29, 0.717) is 0 Å². The average Bonchev–Trinajstić information content (AvgIpc) is 2.61. The van der Waals surface area contributed by atoms with Crippen LogP contribution in [0.15, 0.2) is 47.4 Å². The lowest BCUT2D eigenvalue weighted by atomic mass is 9.78. The molecule has 122 valence electrons. The second-order valence-corrected chi connectivity index (χ2v) is 7.38. The summed E-state index contributed by atoms with van der Waals surface area (Å²) in [6, 6.07) is 15.6. The van der Waals surface area contributed by atoms with Crippen LogP contribution in [0.2, 0.25) is 0 Å². The highest BCUT2D eigenvalue weighted by molar-refractivity contribution is 7.80. The van der Waals surface area contributed by atoms with Crippen LogP contribution in [0, 0.1) is 0 Å². The summed E-state index contributed by atoms with van der Waals surface area (Å²) in [5, 5.41) is 0. The van der Waals surface area contributed by atoms with Gasteiger partial charge < -0.3 is 0 Å². The Morgan fingerprint density at radius 1 is 0.957 bits per heavy atom. The molecule has 0 spiro atoms. The maximum Gasteiger partial charge on any atom is 0.00404 e. The fourth-order valence-electron chi connectivity index (χ4n) is 3.96. The molecule has 0 bridgehead atoms. The molecule has 1 aliphatic carbocycles. The Morgan fingerprint density at radius 2 is 1.70 bits per heavy atom. The molecule has 0 unspecified atom stereocenters. The van der Waals surface area contributed by atoms with E-state index in [1.54, 1.807) is 11.1 Å². The summed E-state index contributed by atoms with van der Waals surface area (Å²) >= 11 is 4.44. The molecule has 2 aromatic rings. The summed E-state index contributed by atoms with van der Waals surface area (Å²) < 4.78 is 0. The van der Waals surface area contributed by atoms with Gasteiger partial charge in [0.25, 0.3) is 0 Å². The molecular weight excluding hydrogens is 296 g/mol. The molecule has 1 aliphatic rings. The number of rotatable bonds is 5. The minimum absolute atomic E-state index is 0.752. The largest absolute Gasteiger partial charge is 0.143 e. The topological polar surface area (TPSA) is 0 Å². The minimum Gasteiger partial charge on any atom is -0.143 e. The van der Waals surface area contributed by atoms with Gasteiger partial charge in [0, 0.05) is 4.90 Å². The van der Waals surface area contributed by atoms with E-state index in [1.807, 2.05) is 0 Å². The van der Waals surface area contributed by atoms with Crippen molar-refractivity contribution in [2.24, 2.45) is 0 Å². The Bertz CT molecular complexity index is 621. The van der Waals surface area contributed by atoms with Gasteiger partial charge >= 0.3 is 0 Å². The van der Waals surface area contributed by atoms with Crippen LogP contribution >= 0.6 is 12.6 Å². The Labute approximate surface area is 146 Å². The Morgan fingerprint density at radius 3 is 2.39 bits per heavy atom. The van der Waals surface area contributed by atoms with E-state index in [1.165, 1.54) is 62.5 Å². The van der Waals surface area contributed by atoms with Gasteiger partial charge in [-0.25, -0.2) is 0 Å². The molecule has 1 heteroatoms. The van der Waals surface area contributed by atoms with E-state index < -0.39 is 0 Å². The summed E-state index contributed by atoms with van der Waals surface area (Å²) in [6.45, 7) is 2.29. The van der Waals surface area contributed by atoms with E-state index >= 15 is 0 Å². The van der Waals surface area contributed by atoms with Crippen LogP contribution in [0.4, 0.5) is 0 Å².